The zero-order chi connectivity index (χ0) is 16.8. The van der Waals surface area contributed by atoms with E-state index in [2.05, 4.69) is 18.2 Å². The summed E-state index contributed by atoms with van der Waals surface area (Å²) in [4.78, 5) is 0. The normalized spacial score (nSPS) is 17.7. The molecule has 4 nitrogen and oxygen atoms in total. The molecule has 0 bridgehead atoms. The van der Waals surface area contributed by atoms with Crippen LogP contribution in [0.1, 0.15) is 36.8 Å². The highest BCUT2D eigenvalue weighted by molar-refractivity contribution is 5.42. The fourth-order valence-electron chi connectivity index (χ4n) is 2.99. The molecule has 2 unspecified atom stereocenters. The van der Waals surface area contributed by atoms with Gasteiger partial charge in [0.05, 0.1) is 6.10 Å². The van der Waals surface area contributed by atoms with Crippen LogP contribution in [0.25, 0.3) is 0 Å². The summed E-state index contributed by atoms with van der Waals surface area (Å²) in [5.74, 6) is 1.75. The fraction of sp³-hybridized carbons (Fsp3) is 0.400. The van der Waals surface area contributed by atoms with Gasteiger partial charge in [-0.3, -0.25) is 0 Å². The first-order chi connectivity index (χ1) is 11.7. The monoisotopic (exact) mass is 327 g/mol. The minimum absolute atomic E-state index is 0.195. The summed E-state index contributed by atoms with van der Waals surface area (Å²) in [5, 5.41) is 9.15. The average Bonchev–Trinajstić information content (AvgIpc) is 2.60. The fourth-order valence-corrected chi connectivity index (χ4v) is 2.99. The molecule has 1 aliphatic heterocycles. The molecular weight excluding hydrogens is 302 g/mol. The molecule has 1 heterocycles. The van der Waals surface area contributed by atoms with E-state index in [4.69, 9.17) is 20.3 Å². The Hall–Kier alpha value is -2.04. The number of benzene rings is 2. The summed E-state index contributed by atoms with van der Waals surface area (Å²) >= 11 is 0. The van der Waals surface area contributed by atoms with Crippen molar-refractivity contribution in [3.8, 4) is 11.5 Å². The van der Waals surface area contributed by atoms with Gasteiger partial charge in [0.25, 0.3) is 0 Å². The molecular formula is C20H25NO3. The number of aliphatic hydroxyl groups excluding tert-OH is 1. The predicted molar refractivity (Wildman–Crippen MR) is 94.0 cm³/mol. The first kappa shape index (κ1) is 16.8. The van der Waals surface area contributed by atoms with Gasteiger partial charge in [0.15, 0.2) is 0 Å². The third kappa shape index (κ3) is 4.73. The maximum Gasteiger partial charge on any atom is 0.126 e. The lowest BCUT2D eigenvalue weighted by molar-refractivity contribution is 0.137. The second kappa shape index (κ2) is 8.18. The van der Waals surface area contributed by atoms with E-state index in [1.54, 1.807) is 0 Å². The highest BCUT2D eigenvalue weighted by Crippen LogP contribution is 2.33. The molecule has 0 fully saturated rings. The number of hydrogen-bond acceptors (Lipinski definition) is 4. The maximum absolute atomic E-state index is 9.15. The van der Waals surface area contributed by atoms with Crippen molar-refractivity contribution >= 4 is 0 Å². The van der Waals surface area contributed by atoms with Gasteiger partial charge < -0.3 is 20.3 Å². The Balaban J connectivity index is 1.56. The van der Waals surface area contributed by atoms with Crippen molar-refractivity contribution in [2.75, 3.05) is 0 Å². The number of fused-ring (bicyclic) bond motifs is 1. The first-order valence-electron chi connectivity index (χ1n) is 8.60. The molecule has 0 saturated heterocycles. The van der Waals surface area contributed by atoms with Gasteiger partial charge >= 0.3 is 0 Å². The Labute approximate surface area is 143 Å². The van der Waals surface area contributed by atoms with Crippen LogP contribution in [0.2, 0.25) is 0 Å². The molecule has 2 aromatic carbocycles. The maximum atomic E-state index is 9.15. The van der Waals surface area contributed by atoms with E-state index in [0.717, 1.165) is 42.7 Å². The van der Waals surface area contributed by atoms with E-state index in [1.807, 2.05) is 30.3 Å². The van der Waals surface area contributed by atoms with Crippen molar-refractivity contribution in [3.63, 3.8) is 0 Å². The molecule has 0 spiro atoms. The van der Waals surface area contributed by atoms with E-state index in [-0.39, 0.29) is 6.10 Å². The quantitative estimate of drug-likeness (QED) is 0.765. The molecule has 3 rings (SSSR count). The van der Waals surface area contributed by atoms with Crippen LogP contribution in [0.3, 0.4) is 0 Å². The van der Waals surface area contributed by atoms with E-state index < -0.39 is 6.23 Å². The Morgan fingerprint density at radius 3 is 2.83 bits per heavy atom. The van der Waals surface area contributed by atoms with Crippen molar-refractivity contribution in [3.05, 3.63) is 59.7 Å². The van der Waals surface area contributed by atoms with E-state index in [1.165, 1.54) is 5.56 Å². The molecule has 128 valence electrons. The molecule has 4 heteroatoms. The van der Waals surface area contributed by atoms with Crippen LogP contribution >= 0.6 is 0 Å². The van der Waals surface area contributed by atoms with Crippen LogP contribution in [0.15, 0.2) is 48.5 Å². The molecule has 24 heavy (non-hydrogen) atoms. The minimum Gasteiger partial charge on any atom is -0.490 e. The number of ether oxygens (including phenoxy) is 2. The zero-order valence-corrected chi connectivity index (χ0v) is 13.9. The van der Waals surface area contributed by atoms with Crippen LogP contribution in [0.5, 0.6) is 11.5 Å². The number of aryl methyl sites for hydroxylation is 1. The summed E-state index contributed by atoms with van der Waals surface area (Å²) in [6, 6.07) is 16.2. The lowest BCUT2D eigenvalue weighted by atomic mass is 9.98. The summed E-state index contributed by atoms with van der Waals surface area (Å²) in [6.45, 7) is 0.553. The summed E-state index contributed by atoms with van der Waals surface area (Å²) < 4.78 is 12.0. The number of nitrogens with two attached hydrogens (primary N) is 1. The highest BCUT2D eigenvalue weighted by Gasteiger charge is 2.20. The minimum atomic E-state index is -0.723. The predicted octanol–water partition coefficient (Wildman–Crippen LogP) is 3.41. The van der Waals surface area contributed by atoms with Gasteiger partial charge in [0.1, 0.15) is 24.3 Å². The largest absolute Gasteiger partial charge is 0.490 e. The molecule has 0 aromatic heterocycles. The Bertz CT molecular complexity index is 643. The molecule has 0 aliphatic carbocycles. The van der Waals surface area contributed by atoms with Crippen LogP contribution < -0.4 is 15.2 Å². The van der Waals surface area contributed by atoms with Gasteiger partial charge in [-0.05, 0) is 49.3 Å². The van der Waals surface area contributed by atoms with E-state index in [9.17, 15) is 0 Å². The third-order valence-corrected chi connectivity index (χ3v) is 4.34. The Morgan fingerprint density at radius 2 is 2.04 bits per heavy atom. The average molecular weight is 327 g/mol. The number of rotatable bonds is 7. The van der Waals surface area contributed by atoms with Gasteiger partial charge in [0, 0.05) is 6.07 Å². The molecule has 0 saturated carbocycles. The van der Waals surface area contributed by atoms with Crippen LogP contribution in [0, 0.1) is 0 Å². The summed E-state index contributed by atoms with van der Waals surface area (Å²) in [7, 11) is 0. The standard InChI is InChI=1S/C20H25NO3/c21-20(22)8-4-7-17-11-9-16-10-12-18(13-19(16)24-17)23-14-15-5-2-1-3-6-15/h1-3,5-6,10,12-13,17,20,22H,4,7-9,11,14,21H2. The molecule has 2 atom stereocenters. The van der Waals surface area contributed by atoms with Crippen LogP contribution in [-0.2, 0) is 13.0 Å². The van der Waals surface area contributed by atoms with Crippen LogP contribution in [-0.4, -0.2) is 17.4 Å². The molecule has 0 amide bonds. The smallest absolute Gasteiger partial charge is 0.126 e. The van der Waals surface area contributed by atoms with E-state index in [0.29, 0.717) is 13.0 Å². The van der Waals surface area contributed by atoms with Crippen molar-refractivity contribution in [2.45, 2.75) is 51.0 Å². The van der Waals surface area contributed by atoms with Crippen molar-refractivity contribution in [1.29, 1.82) is 0 Å². The molecule has 2 aromatic rings. The Morgan fingerprint density at radius 1 is 1.21 bits per heavy atom. The lowest BCUT2D eigenvalue weighted by Gasteiger charge is -2.26. The van der Waals surface area contributed by atoms with Crippen molar-refractivity contribution in [2.24, 2.45) is 5.73 Å². The van der Waals surface area contributed by atoms with Gasteiger partial charge in [-0.1, -0.05) is 36.4 Å². The van der Waals surface area contributed by atoms with Crippen molar-refractivity contribution < 1.29 is 14.6 Å². The third-order valence-electron chi connectivity index (χ3n) is 4.34. The van der Waals surface area contributed by atoms with Gasteiger partial charge in [-0.25, -0.2) is 0 Å². The van der Waals surface area contributed by atoms with Gasteiger partial charge in [-0.15, -0.1) is 0 Å². The molecule has 1 aliphatic rings. The van der Waals surface area contributed by atoms with Crippen LogP contribution in [0.4, 0.5) is 0 Å². The molecule has 0 radical (unpaired) electrons. The van der Waals surface area contributed by atoms with Gasteiger partial charge in [0.2, 0.25) is 0 Å². The number of hydrogen-bond donors (Lipinski definition) is 2. The second-order valence-corrected chi connectivity index (χ2v) is 6.32. The Kier molecular flexibility index (Phi) is 5.72. The summed E-state index contributed by atoms with van der Waals surface area (Å²) in [5.41, 5.74) is 7.76. The second-order valence-electron chi connectivity index (χ2n) is 6.32. The highest BCUT2D eigenvalue weighted by atomic mass is 16.5. The summed E-state index contributed by atoms with van der Waals surface area (Å²) in [6.07, 6.45) is 3.92. The lowest BCUT2D eigenvalue weighted by Crippen LogP contribution is -2.24. The topological polar surface area (TPSA) is 64.7 Å². The zero-order valence-electron chi connectivity index (χ0n) is 13.9. The number of aliphatic hydroxyl groups is 1. The first-order valence-corrected chi connectivity index (χ1v) is 8.60. The SMILES string of the molecule is NC(O)CCCC1CCc2ccc(OCc3ccccc3)cc2O1. The molecule has 3 N–H and O–H groups in total. The van der Waals surface area contributed by atoms with E-state index >= 15 is 0 Å². The van der Waals surface area contributed by atoms with Gasteiger partial charge in [-0.2, -0.15) is 0 Å². The van der Waals surface area contributed by atoms with Crippen molar-refractivity contribution in [1.82, 2.24) is 0 Å².